The Morgan fingerprint density at radius 2 is 1.09 bits per heavy atom. The van der Waals surface area contributed by atoms with Crippen molar-refractivity contribution in [2.45, 2.75) is 58.9 Å². The molecule has 2 N–H and O–H groups in total. The Morgan fingerprint density at radius 3 is 1.49 bits per heavy atom. The molecular formula is C20H25F5N2O7Si. The Balaban J connectivity index is 2.79. The van der Waals surface area contributed by atoms with Gasteiger partial charge in [-0.3, -0.25) is 14.4 Å². The highest BCUT2D eigenvalue weighted by Gasteiger charge is 2.52. The fraction of sp³-hybridized carbons (Fsp3) is 0.500. The minimum Gasteiger partial charge on any atom is -0.455 e. The molecule has 0 atom stereocenters. The smallest absolute Gasteiger partial charge is 0.455 e. The third-order valence-electron chi connectivity index (χ3n) is 4.32. The van der Waals surface area contributed by atoms with Gasteiger partial charge in [0.1, 0.15) is 5.69 Å². The highest BCUT2D eigenvalue weighted by atomic mass is 28.4. The lowest BCUT2D eigenvalue weighted by Crippen LogP contribution is -2.50. The molecule has 1 aromatic rings. The molecule has 0 fully saturated rings. The third kappa shape index (κ3) is 8.49. The van der Waals surface area contributed by atoms with Gasteiger partial charge in [0.25, 0.3) is 17.9 Å². The van der Waals surface area contributed by atoms with Crippen molar-refractivity contribution in [1.82, 2.24) is 5.32 Å². The molecule has 0 unspecified atom stereocenters. The van der Waals surface area contributed by atoms with Crippen LogP contribution >= 0.6 is 0 Å². The number of halogens is 5. The molecule has 0 aliphatic rings. The van der Waals surface area contributed by atoms with E-state index in [9.17, 15) is 41.1 Å². The number of hydrogen-bond acceptors (Lipinski definition) is 7. The van der Waals surface area contributed by atoms with Gasteiger partial charge in [-0.15, -0.1) is 0 Å². The van der Waals surface area contributed by atoms with E-state index < -0.39 is 67.5 Å². The third-order valence-corrected chi connectivity index (χ3v) is 6.90. The number of amides is 2. The monoisotopic (exact) mass is 528 g/mol. The second kappa shape index (κ2) is 13.6. The van der Waals surface area contributed by atoms with Crippen molar-refractivity contribution >= 4 is 38.4 Å². The molecule has 35 heavy (non-hydrogen) atoms. The van der Waals surface area contributed by atoms with Crippen molar-refractivity contribution in [3.05, 3.63) is 29.1 Å². The van der Waals surface area contributed by atoms with Crippen LogP contribution in [0.4, 0.5) is 32.4 Å². The highest BCUT2D eigenvalue weighted by molar-refractivity contribution is 6.65. The average Bonchev–Trinajstić information content (AvgIpc) is 2.83. The van der Waals surface area contributed by atoms with Gasteiger partial charge in [0.15, 0.2) is 23.3 Å². The van der Waals surface area contributed by atoms with Crippen LogP contribution in [0.5, 0.6) is 0 Å². The zero-order chi connectivity index (χ0) is 26.8. The second-order valence-electron chi connectivity index (χ2n) is 6.95. The number of nitrogens with one attached hydrogen (secondary N) is 2. The van der Waals surface area contributed by atoms with Crippen LogP contribution < -0.4 is 10.6 Å². The molecule has 0 saturated carbocycles. The van der Waals surface area contributed by atoms with Gasteiger partial charge in [0.05, 0.1) is 6.04 Å². The number of unbranched alkanes of at least 4 members (excludes halogenated alkanes) is 1. The van der Waals surface area contributed by atoms with Crippen molar-refractivity contribution in [2.24, 2.45) is 0 Å². The fourth-order valence-electron chi connectivity index (χ4n) is 2.49. The number of rotatable bonds is 12. The summed E-state index contributed by atoms with van der Waals surface area (Å²) in [7, 11) is -4.11. The number of urea groups is 1. The van der Waals surface area contributed by atoms with Gasteiger partial charge in [0, 0.05) is 25.8 Å². The topological polar surface area (TPSA) is 120 Å². The fourth-order valence-corrected chi connectivity index (χ4v) is 5.08. The molecule has 1 rings (SSSR count). The SMILES string of the molecule is CCC(=O)O[Si](CCCCNC(=O)Nc1c(F)c(F)c(F)c(F)c1F)(OC(=O)CC)OC(=O)CC. The van der Waals surface area contributed by atoms with Crippen LogP contribution in [0, 0.1) is 29.1 Å². The molecule has 2 amide bonds. The summed E-state index contributed by atoms with van der Waals surface area (Å²) in [6.45, 7) is 4.28. The van der Waals surface area contributed by atoms with E-state index >= 15 is 0 Å². The van der Waals surface area contributed by atoms with Crippen LogP contribution in [-0.4, -0.2) is 39.3 Å². The van der Waals surface area contributed by atoms with Gasteiger partial charge >= 0.3 is 14.8 Å². The first kappa shape index (κ1) is 29.8. The summed E-state index contributed by atoms with van der Waals surface area (Å²) in [5.41, 5.74) is -1.52. The van der Waals surface area contributed by atoms with E-state index in [1.807, 2.05) is 0 Å². The van der Waals surface area contributed by atoms with Gasteiger partial charge < -0.3 is 23.9 Å². The van der Waals surface area contributed by atoms with Crippen molar-refractivity contribution in [3.8, 4) is 0 Å². The van der Waals surface area contributed by atoms with Crippen LogP contribution in [0.15, 0.2) is 0 Å². The average molecular weight is 529 g/mol. The first-order chi connectivity index (χ1) is 16.4. The minimum atomic E-state index is -4.11. The van der Waals surface area contributed by atoms with E-state index in [2.05, 4.69) is 5.32 Å². The van der Waals surface area contributed by atoms with Crippen molar-refractivity contribution in [3.63, 3.8) is 0 Å². The van der Waals surface area contributed by atoms with E-state index in [1.54, 1.807) is 5.32 Å². The standard InChI is InChI=1S/C20H25F5N2O7Si/c1-4-11(28)32-35(33-12(29)5-2,34-13(30)6-3)10-8-7-9-26-20(31)27-19-17(24)15(22)14(21)16(23)18(19)25/h4-10H2,1-3H3,(H2,26,27,31). The maximum atomic E-state index is 13.7. The Bertz CT molecular complexity index is 890. The lowest BCUT2D eigenvalue weighted by atomic mass is 10.2. The maximum Gasteiger partial charge on any atom is 0.705 e. The normalized spacial score (nSPS) is 11.0. The van der Waals surface area contributed by atoms with Crippen molar-refractivity contribution in [1.29, 1.82) is 0 Å². The lowest BCUT2D eigenvalue weighted by Gasteiger charge is -2.27. The van der Waals surface area contributed by atoms with Crippen LogP contribution in [-0.2, 0) is 27.7 Å². The number of benzene rings is 1. The zero-order valence-electron chi connectivity index (χ0n) is 19.2. The number of anilines is 1. The highest BCUT2D eigenvalue weighted by Crippen LogP contribution is 2.27. The summed E-state index contributed by atoms with van der Waals surface area (Å²) in [6.07, 6.45) is -0.0408. The van der Waals surface area contributed by atoms with Crippen LogP contribution in [0.25, 0.3) is 0 Å². The second-order valence-corrected chi connectivity index (χ2v) is 9.43. The van der Waals surface area contributed by atoms with Gasteiger partial charge in [-0.25, -0.2) is 26.7 Å². The number of carbonyl (C=O) groups excluding carboxylic acids is 4. The minimum absolute atomic E-state index is 0.0818. The summed E-state index contributed by atoms with van der Waals surface area (Å²) < 4.78 is 82.5. The molecule has 0 saturated heterocycles. The first-order valence-electron chi connectivity index (χ1n) is 10.6. The van der Waals surface area contributed by atoms with Crippen LogP contribution in [0.2, 0.25) is 6.04 Å². The van der Waals surface area contributed by atoms with Crippen LogP contribution in [0.3, 0.4) is 0 Å². The summed E-state index contributed by atoms with van der Waals surface area (Å²) in [4.78, 5) is 47.5. The zero-order valence-corrected chi connectivity index (χ0v) is 20.2. The Hall–Kier alpha value is -3.23. The van der Waals surface area contributed by atoms with Crippen molar-refractivity contribution in [2.75, 3.05) is 11.9 Å². The number of carbonyl (C=O) groups is 4. The molecule has 0 bridgehead atoms. The van der Waals surface area contributed by atoms with E-state index in [0.29, 0.717) is 0 Å². The summed E-state index contributed by atoms with van der Waals surface area (Å²) in [5, 5.41) is 3.70. The molecule has 1 aromatic carbocycles. The van der Waals surface area contributed by atoms with Gasteiger partial charge in [-0.05, 0) is 12.8 Å². The molecular weight excluding hydrogens is 503 g/mol. The molecule has 0 aliphatic heterocycles. The molecule has 0 radical (unpaired) electrons. The van der Waals surface area contributed by atoms with Crippen LogP contribution in [0.1, 0.15) is 52.9 Å². The predicted octanol–water partition coefficient (Wildman–Crippen LogP) is 4.08. The summed E-state index contributed by atoms with van der Waals surface area (Å²) in [6, 6.07) is -1.43. The Labute approximate surface area is 198 Å². The summed E-state index contributed by atoms with van der Waals surface area (Å²) >= 11 is 0. The van der Waals surface area contributed by atoms with E-state index in [-0.39, 0.29) is 44.7 Å². The Kier molecular flexibility index (Phi) is 11.6. The number of hydrogen-bond donors (Lipinski definition) is 2. The lowest BCUT2D eigenvalue weighted by molar-refractivity contribution is -0.150. The molecule has 9 nitrogen and oxygen atoms in total. The maximum absolute atomic E-state index is 13.7. The van der Waals surface area contributed by atoms with E-state index in [4.69, 9.17) is 13.3 Å². The quantitative estimate of drug-likeness (QED) is 0.138. The van der Waals surface area contributed by atoms with Crippen molar-refractivity contribution < 1.29 is 54.4 Å². The molecule has 0 aromatic heterocycles. The van der Waals surface area contributed by atoms with Gasteiger partial charge in [-0.1, -0.05) is 20.8 Å². The molecule has 15 heteroatoms. The first-order valence-corrected chi connectivity index (χ1v) is 12.6. The predicted molar refractivity (Wildman–Crippen MR) is 112 cm³/mol. The largest absolute Gasteiger partial charge is 0.705 e. The van der Waals surface area contributed by atoms with Gasteiger partial charge in [-0.2, -0.15) is 0 Å². The molecule has 0 heterocycles. The van der Waals surface area contributed by atoms with Gasteiger partial charge in [0.2, 0.25) is 5.82 Å². The molecule has 0 spiro atoms. The Morgan fingerprint density at radius 1 is 0.686 bits per heavy atom. The summed E-state index contributed by atoms with van der Waals surface area (Å²) in [5.74, 6) is -13.5. The van der Waals surface area contributed by atoms with E-state index in [0.717, 1.165) is 0 Å². The van der Waals surface area contributed by atoms with E-state index in [1.165, 1.54) is 20.8 Å². The molecule has 196 valence electrons. The molecule has 0 aliphatic carbocycles.